The van der Waals surface area contributed by atoms with Gasteiger partial charge in [-0.25, -0.2) is 12.7 Å². The van der Waals surface area contributed by atoms with Crippen molar-refractivity contribution in [3.8, 4) is 0 Å². The molecule has 10 heteroatoms. The molecule has 130 valence electrons. The maximum absolute atomic E-state index is 13.0. The molecule has 1 N–H and O–H groups in total. The number of piperidine rings is 1. The van der Waals surface area contributed by atoms with Crippen LogP contribution in [0.15, 0.2) is 30.7 Å². The maximum Gasteiger partial charge on any atom is 0.253 e. The number of carbonyl (C=O) groups excluding carboxylic acids is 1. The van der Waals surface area contributed by atoms with Gasteiger partial charge in [0.05, 0.1) is 6.26 Å². The Balaban J connectivity index is 1.86. The Kier molecular flexibility index (Phi) is 4.18. The van der Waals surface area contributed by atoms with Crippen LogP contribution in [-0.2, 0) is 27.4 Å². The molecule has 0 spiro atoms. The number of amides is 1. The highest BCUT2D eigenvalue weighted by Gasteiger charge is 2.45. The summed E-state index contributed by atoms with van der Waals surface area (Å²) in [5, 5.41) is 11.2. The number of aromatic nitrogens is 4. The average Bonchev–Trinajstić information content (AvgIpc) is 3.18. The van der Waals surface area contributed by atoms with Crippen LogP contribution in [0.3, 0.4) is 0 Å². The molecule has 0 bridgehead atoms. The lowest BCUT2D eigenvalue weighted by Crippen LogP contribution is -2.54. The predicted molar refractivity (Wildman–Crippen MR) is 87.7 cm³/mol. The second-order valence-corrected chi connectivity index (χ2v) is 7.96. The monoisotopic (exact) mass is 352 g/mol. The molecule has 24 heavy (non-hydrogen) atoms. The third-order valence-electron chi connectivity index (χ3n) is 4.34. The molecule has 2 aromatic rings. The van der Waals surface area contributed by atoms with Gasteiger partial charge in [-0.2, -0.15) is 10.2 Å². The van der Waals surface area contributed by atoms with Crippen LogP contribution >= 0.6 is 0 Å². The fraction of sp³-hybridized carbons (Fsp3) is 0.500. The highest BCUT2D eigenvalue weighted by Crippen LogP contribution is 2.32. The van der Waals surface area contributed by atoms with E-state index in [9.17, 15) is 13.2 Å². The van der Waals surface area contributed by atoms with Gasteiger partial charge in [0, 0.05) is 44.8 Å². The molecule has 2 aromatic heterocycles. The Morgan fingerprint density at radius 3 is 2.50 bits per heavy atom. The number of nitrogens with one attached hydrogen (secondary N) is 1. The first-order chi connectivity index (χ1) is 11.3. The summed E-state index contributed by atoms with van der Waals surface area (Å²) in [4.78, 5) is 13.0. The van der Waals surface area contributed by atoms with Crippen molar-refractivity contribution < 1.29 is 13.2 Å². The van der Waals surface area contributed by atoms with E-state index in [1.54, 1.807) is 47.1 Å². The Bertz CT molecular complexity index is 819. The van der Waals surface area contributed by atoms with Gasteiger partial charge in [-0.05, 0) is 18.9 Å². The lowest BCUT2D eigenvalue weighted by Gasteiger charge is -2.39. The first kappa shape index (κ1) is 16.7. The number of sulfonamides is 1. The Morgan fingerprint density at radius 2 is 2.00 bits per heavy atom. The van der Waals surface area contributed by atoms with Gasteiger partial charge >= 0.3 is 0 Å². The van der Waals surface area contributed by atoms with Crippen LogP contribution in [0.5, 0.6) is 0 Å². The molecule has 3 rings (SSSR count). The number of anilines is 1. The predicted octanol–water partition coefficient (Wildman–Crippen LogP) is 0.00600. The highest BCUT2D eigenvalue weighted by molar-refractivity contribution is 7.88. The molecule has 0 saturated carbocycles. The summed E-state index contributed by atoms with van der Waals surface area (Å²) in [5.41, 5.74) is -0.928. The van der Waals surface area contributed by atoms with Crippen molar-refractivity contribution in [1.82, 2.24) is 23.9 Å². The largest absolute Gasteiger partial charge is 0.307 e. The fourth-order valence-corrected chi connectivity index (χ4v) is 3.83. The molecule has 0 atom stereocenters. The summed E-state index contributed by atoms with van der Waals surface area (Å²) in [7, 11) is -1.50. The quantitative estimate of drug-likeness (QED) is 0.835. The van der Waals surface area contributed by atoms with Gasteiger partial charge < -0.3 is 5.32 Å². The van der Waals surface area contributed by atoms with E-state index < -0.39 is 15.6 Å². The number of aryl methyl sites for hydroxylation is 1. The molecule has 0 aliphatic carbocycles. The molecule has 1 saturated heterocycles. The number of nitrogens with zero attached hydrogens (tertiary/aromatic N) is 5. The molecular formula is C14H20N6O3S. The number of carbonyl (C=O) groups is 1. The molecular weight excluding hydrogens is 332 g/mol. The summed E-state index contributed by atoms with van der Waals surface area (Å²) in [5.74, 6) is 0.220. The van der Waals surface area contributed by atoms with Gasteiger partial charge in [-0.3, -0.25) is 14.2 Å². The van der Waals surface area contributed by atoms with E-state index in [2.05, 4.69) is 15.5 Å². The van der Waals surface area contributed by atoms with Crippen molar-refractivity contribution in [1.29, 1.82) is 0 Å². The minimum Gasteiger partial charge on any atom is -0.307 e. The second-order valence-electron chi connectivity index (χ2n) is 5.97. The van der Waals surface area contributed by atoms with Gasteiger partial charge in [0.2, 0.25) is 10.0 Å². The van der Waals surface area contributed by atoms with E-state index in [0.29, 0.717) is 18.7 Å². The van der Waals surface area contributed by atoms with Gasteiger partial charge in [0.15, 0.2) is 5.82 Å². The Morgan fingerprint density at radius 1 is 1.29 bits per heavy atom. The number of hydrogen-bond acceptors (Lipinski definition) is 5. The zero-order valence-corrected chi connectivity index (χ0v) is 14.4. The summed E-state index contributed by atoms with van der Waals surface area (Å²) in [6, 6.07) is 3.46. The van der Waals surface area contributed by atoms with Crippen LogP contribution in [0.2, 0.25) is 0 Å². The van der Waals surface area contributed by atoms with Gasteiger partial charge in [0.25, 0.3) is 5.91 Å². The molecule has 0 radical (unpaired) electrons. The van der Waals surface area contributed by atoms with Gasteiger partial charge in [-0.15, -0.1) is 0 Å². The molecule has 0 aromatic carbocycles. The molecule has 1 fully saturated rings. The van der Waals surface area contributed by atoms with Crippen LogP contribution in [0.1, 0.15) is 12.8 Å². The van der Waals surface area contributed by atoms with Crippen molar-refractivity contribution in [3.05, 3.63) is 30.7 Å². The molecule has 1 aliphatic rings. The first-order valence-electron chi connectivity index (χ1n) is 7.58. The zero-order chi connectivity index (χ0) is 17.4. The van der Waals surface area contributed by atoms with Crippen LogP contribution < -0.4 is 5.32 Å². The molecule has 9 nitrogen and oxygen atoms in total. The lowest BCUT2D eigenvalue weighted by molar-refractivity contribution is -0.127. The van der Waals surface area contributed by atoms with Crippen molar-refractivity contribution in [2.24, 2.45) is 7.05 Å². The maximum atomic E-state index is 13.0. The third-order valence-corrected chi connectivity index (χ3v) is 5.64. The van der Waals surface area contributed by atoms with Crippen molar-refractivity contribution in [2.45, 2.75) is 18.4 Å². The fourth-order valence-electron chi connectivity index (χ4n) is 2.98. The minimum absolute atomic E-state index is 0.238. The standard InChI is InChI=1S/C14H20N6O3S/c1-18-9-4-12(17-18)16-13(21)14(20-8-3-7-15-20)5-10-19(11-6-14)24(2,22)23/h3-4,7-9H,5-6,10-11H2,1-2H3,(H,16,17,21). The number of hydrogen-bond donors (Lipinski definition) is 1. The molecule has 3 heterocycles. The number of rotatable bonds is 4. The van der Waals surface area contributed by atoms with E-state index in [4.69, 9.17) is 0 Å². The highest BCUT2D eigenvalue weighted by atomic mass is 32.2. The third kappa shape index (κ3) is 3.06. The molecule has 1 amide bonds. The topological polar surface area (TPSA) is 102 Å². The molecule has 0 unspecified atom stereocenters. The zero-order valence-electron chi connectivity index (χ0n) is 13.6. The SMILES string of the molecule is Cn1ccc(NC(=O)C2(n3cccn3)CCN(S(C)(=O)=O)CC2)n1. The average molecular weight is 352 g/mol. The molecule has 1 aliphatic heterocycles. The van der Waals surface area contributed by atoms with E-state index in [0.717, 1.165) is 0 Å². The van der Waals surface area contributed by atoms with Crippen LogP contribution in [0.25, 0.3) is 0 Å². The Labute approximate surface area is 140 Å². The smallest absolute Gasteiger partial charge is 0.253 e. The van der Waals surface area contributed by atoms with Gasteiger partial charge in [0.1, 0.15) is 5.54 Å². The van der Waals surface area contributed by atoms with Crippen molar-refractivity contribution in [2.75, 3.05) is 24.7 Å². The van der Waals surface area contributed by atoms with Crippen molar-refractivity contribution >= 4 is 21.7 Å². The minimum atomic E-state index is -3.27. The van der Waals surface area contributed by atoms with Crippen molar-refractivity contribution in [3.63, 3.8) is 0 Å². The summed E-state index contributed by atoms with van der Waals surface area (Å²) >= 11 is 0. The normalized spacial score (nSPS) is 18.4. The van der Waals surface area contributed by atoms with Crippen LogP contribution in [0.4, 0.5) is 5.82 Å². The van der Waals surface area contributed by atoms with E-state index in [1.165, 1.54) is 10.6 Å². The lowest BCUT2D eigenvalue weighted by atomic mass is 9.87. The van der Waals surface area contributed by atoms with E-state index in [-0.39, 0.29) is 19.0 Å². The second kappa shape index (κ2) is 6.02. The summed E-state index contributed by atoms with van der Waals surface area (Å²) < 4.78 is 28.1. The van der Waals surface area contributed by atoms with Crippen LogP contribution in [-0.4, -0.2) is 57.5 Å². The van der Waals surface area contributed by atoms with Gasteiger partial charge in [-0.1, -0.05) is 0 Å². The van der Waals surface area contributed by atoms with Crippen LogP contribution in [0, 0.1) is 0 Å². The summed E-state index contributed by atoms with van der Waals surface area (Å²) in [6.07, 6.45) is 6.96. The summed E-state index contributed by atoms with van der Waals surface area (Å²) in [6.45, 7) is 0.544. The van der Waals surface area contributed by atoms with E-state index in [1.807, 2.05) is 0 Å². The first-order valence-corrected chi connectivity index (χ1v) is 9.42. The van der Waals surface area contributed by atoms with E-state index >= 15 is 0 Å². The Hall–Kier alpha value is -2.20.